The van der Waals surface area contributed by atoms with E-state index in [4.69, 9.17) is 14.5 Å². The summed E-state index contributed by atoms with van der Waals surface area (Å²) in [4.78, 5) is 14.7. The second-order valence-corrected chi connectivity index (χ2v) is 8.82. The first kappa shape index (κ1) is 21.2. The van der Waals surface area contributed by atoms with Crippen molar-refractivity contribution in [2.75, 3.05) is 50.9 Å². The highest BCUT2D eigenvalue weighted by molar-refractivity contribution is 5.87. The Kier molecular flexibility index (Phi) is 6.28. The third-order valence-corrected chi connectivity index (χ3v) is 6.67. The lowest BCUT2D eigenvalue weighted by Crippen LogP contribution is -2.37. The first-order valence-corrected chi connectivity index (χ1v) is 11.8. The van der Waals surface area contributed by atoms with Crippen LogP contribution in [0.3, 0.4) is 0 Å². The maximum Gasteiger partial charge on any atom is 0.157 e. The standard InChI is InChI=1S/C25H33N5O2/c1-3-32-21-6-4-19(5-7-21)17-29-10-8-20(9-11-29)22-16-23-24(26-18-28(23)2)25(27-22)30-12-14-31-15-13-30/h4-7,16,18,20H,3,8-15,17H2,1-2H3. The molecule has 0 N–H and O–H groups in total. The topological polar surface area (TPSA) is 55.7 Å². The average molecular weight is 436 g/mol. The van der Waals surface area contributed by atoms with Crippen LogP contribution in [0.5, 0.6) is 5.75 Å². The number of aromatic nitrogens is 3. The number of hydrogen-bond donors (Lipinski definition) is 0. The van der Waals surface area contributed by atoms with Crippen LogP contribution in [0.4, 0.5) is 5.82 Å². The van der Waals surface area contributed by atoms with Crippen LogP contribution in [0, 0.1) is 0 Å². The van der Waals surface area contributed by atoms with Gasteiger partial charge in [0, 0.05) is 38.3 Å². The Morgan fingerprint density at radius 1 is 1.06 bits per heavy atom. The molecular weight excluding hydrogens is 402 g/mol. The van der Waals surface area contributed by atoms with Crippen molar-refractivity contribution in [1.29, 1.82) is 0 Å². The van der Waals surface area contributed by atoms with Gasteiger partial charge in [-0.25, -0.2) is 9.97 Å². The maximum absolute atomic E-state index is 5.56. The highest BCUT2D eigenvalue weighted by atomic mass is 16.5. The van der Waals surface area contributed by atoms with Crippen LogP contribution < -0.4 is 9.64 Å². The summed E-state index contributed by atoms with van der Waals surface area (Å²) in [5.74, 6) is 2.46. The summed E-state index contributed by atoms with van der Waals surface area (Å²) in [5, 5.41) is 0. The number of benzene rings is 1. The zero-order chi connectivity index (χ0) is 21.9. The van der Waals surface area contributed by atoms with Gasteiger partial charge in [-0.2, -0.15) is 0 Å². The molecule has 2 aromatic heterocycles. The summed E-state index contributed by atoms with van der Waals surface area (Å²) in [6.07, 6.45) is 4.17. The van der Waals surface area contributed by atoms with E-state index in [9.17, 15) is 0 Å². The Labute approximate surface area is 190 Å². The fourth-order valence-corrected chi connectivity index (χ4v) is 4.84. The molecule has 0 aliphatic carbocycles. The second-order valence-electron chi connectivity index (χ2n) is 8.82. The van der Waals surface area contributed by atoms with Crippen LogP contribution in [0.2, 0.25) is 0 Å². The number of nitrogens with zero attached hydrogens (tertiary/aromatic N) is 5. The Bertz CT molecular complexity index is 1030. The predicted octanol–water partition coefficient (Wildman–Crippen LogP) is 3.58. The Hall–Kier alpha value is -2.64. The second kappa shape index (κ2) is 9.46. The third-order valence-electron chi connectivity index (χ3n) is 6.67. The van der Waals surface area contributed by atoms with Crippen LogP contribution in [0.25, 0.3) is 11.0 Å². The molecule has 5 rings (SSSR count). The quantitative estimate of drug-likeness (QED) is 0.590. The molecule has 0 bridgehead atoms. The van der Waals surface area contributed by atoms with E-state index in [1.807, 2.05) is 13.3 Å². The predicted molar refractivity (Wildman–Crippen MR) is 126 cm³/mol. The lowest BCUT2D eigenvalue weighted by molar-refractivity contribution is 0.122. The molecule has 0 spiro atoms. The molecule has 0 saturated carbocycles. The number of piperidine rings is 1. The Balaban J connectivity index is 1.28. The molecule has 0 radical (unpaired) electrons. The van der Waals surface area contributed by atoms with Gasteiger partial charge in [-0.05, 0) is 56.6 Å². The van der Waals surface area contributed by atoms with Gasteiger partial charge in [-0.15, -0.1) is 0 Å². The minimum absolute atomic E-state index is 0.491. The third kappa shape index (κ3) is 4.45. The van der Waals surface area contributed by atoms with E-state index in [0.717, 1.165) is 75.9 Å². The van der Waals surface area contributed by atoms with Gasteiger partial charge in [0.25, 0.3) is 0 Å². The summed E-state index contributed by atoms with van der Waals surface area (Å²) in [7, 11) is 2.07. The van der Waals surface area contributed by atoms with E-state index < -0.39 is 0 Å². The van der Waals surface area contributed by atoms with E-state index in [0.29, 0.717) is 12.5 Å². The van der Waals surface area contributed by atoms with Crippen LogP contribution >= 0.6 is 0 Å². The number of rotatable bonds is 6. The van der Waals surface area contributed by atoms with E-state index in [-0.39, 0.29) is 0 Å². The highest BCUT2D eigenvalue weighted by Gasteiger charge is 2.25. The molecule has 0 atom stereocenters. The number of imidazole rings is 1. The lowest BCUT2D eigenvalue weighted by atomic mass is 9.92. The van der Waals surface area contributed by atoms with Crippen molar-refractivity contribution < 1.29 is 9.47 Å². The van der Waals surface area contributed by atoms with Gasteiger partial charge in [0.15, 0.2) is 5.82 Å². The van der Waals surface area contributed by atoms with Crippen LogP contribution in [0.15, 0.2) is 36.7 Å². The van der Waals surface area contributed by atoms with Crippen molar-refractivity contribution in [3.63, 3.8) is 0 Å². The molecule has 1 aromatic carbocycles. The van der Waals surface area contributed by atoms with Crippen molar-refractivity contribution in [3.8, 4) is 5.75 Å². The molecule has 0 amide bonds. The first-order valence-electron chi connectivity index (χ1n) is 11.8. The summed E-state index contributed by atoms with van der Waals surface area (Å²) < 4.78 is 13.2. The van der Waals surface area contributed by atoms with E-state index in [2.05, 4.69) is 56.7 Å². The molecule has 7 heteroatoms. The summed E-state index contributed by atoms with van der Waals surface area (Å²) in [6.45, 7) is 9.17. The van der Waals surface area contributed by atoms with E-state index in [1.54, 1.807) is 0 Å². The number of pyridine rings is 1. The van der Waals surface area contributed by atoms with Gasteiger partial charge >= 0.3 is 0 Å². The van der Waals surface area contributed by atoms with Crippen molar-refractivity contribution in [2.24, 2.45) is 7.05 Å². The highest BCUT2D eigenvalue weighted by Crippen LogP contribution is 2.33. The smallest absolute Gasteiger partial charge is 0.157 e. The molecule has 2 saturated heterocycles. The number of aryl methyl sites for hydroxylation is 1. The van der Waals surface area contributed by atoms with Crippen LogP contribution in [-0.4, -0.2) is 65.4 Å². The molecule has 2 aliphatic rings. The van der Waals surface area contributed by atoms with Crippen LogP contribution in [0.1, 0.15) is 36.9 Å². The Morgan fingerprint density at radius 3 is 2.53 bits per heavy atom. The van der Waals surface area contributed by atoms with Crippen molar-refractivity contribution in [1.82, 2.24) is 19.4 Å². The molecular formula is C25H33N5O2. The van der Waals surface area contributed by atoms with Gasteiger partial charge in [0.05, 0.1) is 31.7 Å². The monoisotopic (exact) mass is 435 g/mol. The number of hydrogen-bond acceptors (Lipinski definition) is 6. The summed E-state index contributed by atoms with van der Waals surface area (Å²) in [5.41, 5.74) is 4.73. The van der Waals surface area contributed by atoms with Crippen molar-refractivity contribution in [3.05, 3.63) is 47.9 Å². The zero-order valence-corrected chi connectivity index (χ0v) is 19.2. The van der Waals surface area contributed by atoms with Crippen molar-refractivity contribution in [2.45, 2.75) is 32.2 Å². The number of ether oxygens (including phenoxy) is 2. The average Bonchev–Trinajstić information content (AvgIpc) is 3.22. The minimum atomic E-state index is 0.491. The molecule has 4 heterocycles. The number of likely N-dealkylation sites (tertiary alicyclic amines) is 1. The number of morpholine rings is 1. The molecule has 32 heavy (non-hydrogen) atoms. The number of anilines is 1. The van der Waals surface area contributed by atoms with E-state index in [1.165, 1.54) is 16.8 Å². The SMILES string of the molecule is CCOc1ccc(CN2CCC(c3cc4c(ncn4C)c(N4CCOCC4)n3)CC2)cc1. The largest absolute Gasteiger partial charge is 0.494 e. The Morgan fingerprint density at radius 2 is 1.81 bits per heavy atom. The normalized spacial score (nSPS) is 18.4. The van der Waals surface area contributed by atoms with Gasteiger partial charge in [0.1, 0.15) is 11.3 Å². The first-order chi connectivity index (χ1) is 15.7. The fraction of sp³-hybridized carbons (Fsp3) is 0.520. The van der Waals surface area contributed by atoms with Gasteiger partial charge in [0.2, 0.25) is 0 Å². The molecule has 2 aliphatic heterocycles. The maximum atomic E-state index is 5.56. The van der Waals surface area contributed by atoms with Crippen LogP contribution in [-0.2, 0) is 18.3 Å². The van der Waals surface area contributed by atoms with Gasteiger partial charge in [-0.3, -0.25) is 4.90 Å². The van der Waals surface area contributed by atoms with E-state index >= 15 is 0 Å². The van der Waals surface area contributed by atoms with Gasteiger partial charge in [-0.1, -0.05) is 12.1 Å². The zero-order valence-electron chi connectivity index (χ0n) is 19.2. The molecule has 170 valence electrons. The molecule has 0 unspecified atom stereocenters. The van der Waals surface area contributed by atoms with Crippen molar-refractivity contribution >= 4 is 16.9 Å². The number of fused-ring (bicyclic) bond motifs is 1. The molecule has 7 nitrogen and oxygen atoms in total. The summed E-state index contributed by atoms with van der Waals surface area (Å²) >= 11 is 0. The fourth-order valence-electron chi connectivity index (χ4n) is 4.84. The summed E-state index contributed by atoms with van der Waals surface area (Å²) in [6, 6.07) is 10.8. The van der Waals surface area contributed by atoms with Gasteiger partial charge < -0.3 is 18.9 Å². The minimum Gasteiger partial charge on any atom is -0.494 e. The molecule has 3 aromatic rings. The lowest BCUT2D eigenvalue weighted by Gasteiger charge is -2.33. The molecule has 2 fully saturated rings.